The van der Waals surface area contributed by atoms with E-state index < -0.39 is 10.0 Å². The van der Waals surface area contributed by atoms with Crippen molar-refractivity contribution in [3.8, 4) is 5.75 Å². The summed E-state index contributed by atoms with van der Waals surface area (Å²) in [6.07, 6.45) is 1.47. The van der Waals surface area contributed by atoms with Crippen LogP contribution in [0, 0.1) is 0 Å². The highest BCUT2D eigenvalue weighted by Gasteiger charge is 2.13. The van der Waals surface area contributed by atoms with E-state index in [1.165, 1.54) is 19.2 Å². The number of nitrogens with one attached hydrogen (secondary N) is 1. The standard InChI is InChI=1S/C12H20N2O3S/c1-3-10(13)8-9-14-18(15,16)12-6-4-11(17-2)5-7-12/h4-7,10,14H,3,8-9,13H2,1-2H3. The smallest absolute Gasteiger partial charge is 0.240 e. The van der Waals surface area contributed by atoms with E-state index in [1.807, 2.05) is 6.92 Å². The van der Waals surface area contributed by atoms with Crippen molar-refractivity contribution in [3.63, 3.8) is 0 Å². The molecular formula is C12H20N2O3S. The number of hydrogen-bond donors (Lipinski definition) is 2. The highest BCUT2D eigenvalue weighted by Crippen LogP contribution is 2.15. The monoisotopic (exact) mass is 272 g/mol. The number of nitrogens with two attached hydrogens (primary N) is 1. The lowest BCUT2D eigenvalue weighted by Gasteiger charge is -2.10. The molecule has 1 rings (SSSR count). The van der Waals surface area contributed by atoms with Crippen molar-refractivity contribution in [3.05, 3.63) is 24.3 Å². The van der Waals surface area contributed by atoms with Crippen molar-refractivity contribution in [1.82, 2.24) is 4.72 Å². The number of sulfonamides is 1. The van der Waals surface area contributed by atoms with Gasteiger partial charge in [-0.2, -0.15) is 0 Å². The first kappa shape index (κ1) is 14.9. The van der Waals surface area contributed by atoms with Crippen LogP contribution in [0.3, 0.4) is 0 Å². The SMILES string of the molecule is CCC(N)CCNS(=O)(=O)c1ccc(OC)cc1. The molecule has 0 fully saturated rings. The van der Waals surface area contributed by atoms with Crippen molar-refractivity contribution in [2.24, 2.45) is 5.73 Å². The third-order valence-corrected chi connectivity index (χ3v) is 4.18. The minimum atomic E-state index is -3.45. The zero-order valence-electron chi connectivity index (χ0n) is 10.7. The first-order chi connectivity index (χ1) is 8.49. The predicted octanol–water partition coefficient (Wildman–Crippen LogP) is 1.10. The fourth-order valence-electron chi connectivity index (χ4n) is 1.42. The average molecular weight is 272 g/mol. The van der Waals surface area contributed by atoms with Gasteiger partial charge in [0, 0.05) is 12.6 Å². The van der Waals surface area contributed by atoms with Gasteiger partial charge in [0.25, 0.3) is 0 Å². The number of ether oxygens (including phenoxy) is 1. The fraction of sp³-hybridized carbons (Fsp3) is 0.500. The molecule has 0 radical (unpaired) electrons. The summed E-state index contributed by atoms with van der Waals surface area (Å²) in [6.45, 7) is 2.33. The van der Waals surface area contributed by atoms with E-state index in [0.717, 1.165) is 6.42 Å². The van der Waals surface area contributed by atoms with Crippen LogP contribution in [0.4, 0.5) is 0 Å². The zero-order valence-corrected chi connectivity index (χ0v) is 11.5. The molecule has 0 spiro atoms. The Bertz CT molecular complexity index is 457. The molecular weight excluding hydrogens is 252 g/mol. The number of rotatable bonds is 7. The Labute approximate surface area is 108 Å². The topological polar surface area (TPSA) is 81.4 Å². The van der Waals surface area contributed by atoms with Crippen molar-refractivity contribution in [2.75, 3.05) is 13.7 Å². The van der Waals surface area contributed by atoms with E-state index in [2.05, 4.69) is 4.72 Å². The molecule has 0 heterocycles. The average Bonchev–Trinajstić information content (AvgIpc) is 2.38. The molecule has 1 aromatic carbocycles. The van der Waals surface area contributed by atoms with Gasteiger partial charge in [0.1, 0.15) is 5.75 Å². The summed E-state index contributed by atoms with van der Waals surface area (Å²) in [5, 5.41) is 0. The Balaban J connectivity index is 2.62. The first-order valence-corrected chi connectivity index (χ1v) is 7.37. The lowest BCUT2D eigenvalue weighted by molar-refractivity contribution is 0.414. The highest BCUT2D eigenvalue weighted by molar-refractivity contribution is 7.89. The first-order valence-electron chi connectivity index (χ1n) is 5.89. The van der Waals surface area contributed by atoms with E-state index in [4.69, 9.17) is 10.5 Å². The van der Waals surface area contributed by atoms with Crippen molar-refractivity contribution in [2.45, 2.75) is 30.7 Å². The van der Waals surface area contributed by atoms with Crippen LogP contribution in [0.5, 0.6) is 5.75 Å². The number of methoxy groups -OCH3 is 1. The van der Waals surface area contributed by atoms with Crippen LogP contribution in [0.1, 0.15) is 19.8 Å². The van der Waals surface area contributed by atoms with E-state index >= 15 is 0 Å². The van der Waals surface area contributed by atoms with Crippen LogP contribution in [0.25, 0.3) is 0 Å². The quantitative estimate of drug-likeness (QED) is 0.779. The molecule has 0 bridgehead atoms. The summed E-state index contributed by atoms with van der Waals surface area (Å²) in [5.74, 6) is 0.627. The van der Waals surface area contributed by atoms with Gasteiger partial charge in [-0.05, 0) is 37.1 Å². The summed E-state index contributed by atoms with van der Waals surface area (Å²) in [6, 6.07) is 6.30. The van der Waals surface area contributed by atoms with Crippen molar-refractivity contribution < 1.29 is 13.2 Å². The molecule has 6 heteroatoms. The van der Waals surface area contributed by atoms with E-state index in [1.54, 1.807) is 12.1 Å². The second-order valence-corrected chi connectivity index (χ2v) is 5.80. The minimum absolute atomic E-state index is 0.0311. The molecule has 0 aliphatic carbocycles. The summed E-state index contributed by atoms with van der Waals surface area (Å²) in [7, 11) is -1.91. The molecule has 1 aromatic rings. The highest BCUT2D eigenvalue weighted by atomic mass is 32.2. The molecule has 0 saturated carbocycles. The Morgan fingerprint density at radius 1 is 1.33 bits per heavy atom. The Kier molecular flexibility index (Phi) is 5.58. The molecule has 3 N–H and O–H groups in total. The maximum atomic E-state index is 11.9. The van der Waals surface area contributed by atoms with E-state index in [9.17, 15) is 8.42 Å². The lowest BCUT2D eigenvalue weighted by Crippen LogP contribution is -2.30. The molecule has 18 heavy (non-hydrogen) atoms. The number of hydrogen-bond acceptors (Lipinski definition) is 4. The van der Waals surface area contributed by atoms with E-state index in [-0.39, 0.29) is 10.9 Å². The van der Waals surface area contributed by atoms with Crippen molar-refractivity contribution in [1.29, 1.82) is 0 Å². The molecule has 5 nitrogen and oxygen atoms in total. The fourth-order valence-corrected chi connectivity index (χ4v) is 2.47. The molecule has 1 unspecified atom stereocenters. The van der Waals surface area contributed by atoms with Crippen LogP contribution < -0.4 is 15.2 Å². The second kappa shape index (κ2) is 6.72. The third-order valence-electron chi connectivity index (χ3n) is 2.70. The summed E-state index contributed by atoms with van der Waals surface area (Å²) in [5.41, 5.74) is 5.73. The molecule has 0 aliphatic heterocycles. The van der Waals surface area contributed by atoms with Gasteiger partial charge in [-0.25, -0.2) is 13.1 Å². The van der Waals surface area contributed by atoms with E-state index in [0.29, 0.717) is 18.7 Å². The van der Waals surface area contributed by atoms with Gasteiger partial charge in [-0.1, -0.05) is 6.92 Å². The van der Waals surface area contributed by atoms with Gasteiger partial charge in [-0.3, -0.25) is 0 Å². The van der Waals surface area contributed by atoms with Crippen LogP contribution in [-0.4, -0.2) is 28.1 Å². The summed E-state index contributed by atoms with van der Waals surface area (Å²) < 4.78 is 31.3. The van der Waals surface area contributed by atoms with Gasteiger partial charge in [0.05, 0.1) is 12.0 Å². The number of benzene rings is 1. The maximum Gasteiger partial charge on any atom is 0.240 e. The Morgan fingerprint density at radius 2 is 1.94 bits per heavy atom. The third kappa shape index (κ3) is 4.29. The summed E-state index contributed by atoms with van der Waals surface area (Å²) in [4.78, 5) is 0.230. The van der Waals surface area contributed by atoms with Gasteiger partial charge in [0.15, 0.2) is 0 Å². The van der Waals surface area contributed by atoms with Crippen LogP contribution in [-0.2, 0) is 10.0 Å². The lowest BCUT2D eigenvalue weighted by atomic mass is 10.2. The van der Waals surface area contributed by atoms with Gasteiger partial charge >= 0.3 is 0 Å². The molecule has 0 aromatic heterocycles. The van der Waals surface area contributed by atoms with Crippen molar-refractivity contribution >= 4 is 10.0 Å². The summed E-state index contributed by atoms with van der Waals surface area (Å²) >= 11 is 0. The minimum Gasteiger partial charge on any atom is -0.497 e. The van der Waals surface area contributed by atoms with Gasteiger partial charge < -0.3 is 10.5 Å². The Morgan fingerprint density at radius 3 is 2.44 bits per heavy atom. The maximum absolute atomic E-state index is 11.9. The van der Waals surface area contributed by atoms with Crippen LogP contribution in [0.2, 0.25) is 0 Å². The molecule has 1 atom stereocenters. The Hall–Kier alpha value is -1.11. The normalized spacial score (nSPS) is 13.3. The predicted molar refractivity (Wildman–Crippen MR) is 71.1 cm³/mol. The molecule has 0 amide bonds. The molecule has 0 saturated heterocycles. The molecule has 0 aliphatic rings. The zero-order chi connectivity index (χ0) is 13.6. The van der Waals surface area contributed by atoms with Crippen LogP contribution >= 0.6 is 0 Å². The van der Waals surface area contributed by atoms with Gasteiger partial charge in [0.2, 0.25) is 10.0 Å². The van der Waals surface area contributed by atoms with Gasteiger partial charge in [-0.15, -0.1) is 0 Å². The largest absolute Gasteiger partial charge is 0.497 e. The molecule has 102 valence electrons. The van der Waals surface area contributed by atoms with Crippen LogP contribution in [0.15, 0.2) is 29.2 Å². The second-order valence-electron chi connectivity index (χ2n) is 4.03.